The van der Waals surface area contributed by atoms with E-state index in [0.29, 0.717) is 29.4 Å². The van der Waals surface area contributed by atoms with Gasteiger partial charge in [0.25, 0.3) is 11.1 Å². The van der Waals surface area contributed by atoms with Crippen molar-refractivity contribution in [2.45, 2.75) is 76.7 Å². The summed E-state index contributed by atoms with van der Waals surface area (Å²) in [5, 5.41) is 0.663. The molecular weight excluding hydrogens is 566 g/mol. The van der Waals surface area contributed by atoms with Crippen LogP contribution in [0.2, 0.25) is 0 Å². The summed E-state index contributed by atoms with van der Waals surface area (Å²) in [4.78, 5) is 25.3. The van der Waals surface area contributed by atoms with Gasteiger partial charge in [-0.25, -0.2) is 18.1 Å². The molecule has 39 heavy (non-hydrogen) atoms. The van der Waals surface area contributed by atoms with Gasteiger partial charge in [0.1, 0.15) is 11.6 Å². The molecule has 4 aromatic rings. The molecule has 2 aromatic heterocycles. The van der Waals surface area contributed by atoms with Crippen LogP contribution in [0.1, 0.15) is 73.9 Å². The van der Waals surface area contributed by atoms with Crippen LogP contribution >= 0.6 is 15.9 Å². The first-order valence-corrected chi connectivity index (χ1v) is 14.7. The first kappa shape index (κ1) is 27.4. The molecule has 2 heterocycles. The second-order valence-electron chi connectivity index (χ2n) is 10.2. The Hall–Kier alpha value is -3.20. The quantitative estimate of drug-likeness (QED) is 0.226. The maximum Gasteiger partial charge on any atom is 0.275 e. The molecule has 2 aromatic carbocycles. The van der Waals surface area contributed by atoms with E-state index < -0.39 is 0 Å². The topological polar surface area (TPSA) is 53.9 Å². The Morgan fingerprint density at radius 3 is 1.54 bits per heavy atom. The molecule has 0 bridgehead atoms. The fourth-order valence-corrected chi connectivity index (χ4v) is 6.02. The number of hydrogen-bond acceptors (Lipinski definition) is 2. The Morgan fingerprint density at radius 1 is 0.718 bits per heavy atom. The Morgan fingerprint density at radius 2 is 1.13 bits per heavy atom. The average Bonchev–Trinajstić information content (AvgIpc) is 3.87. The lowest BCUT2D eigenvalue weighted by atomic mass is 10.2. The van der Waals surface area contributed by atoms with E-state index in [1.807, 2.05) is 30.1 Å². The molecule has 2 fully saturated rings. The highest BCUT2D eigenvalue weighted by Crippen LogP contribution is 2.41. The first-order valence-electron chi connectivity index (χ1n) is 13.5. The molecule has 2 aliphatic rings. The molecular formula is C30H33BrF2N4O2. The summed E-state index contributed by atoms with van der Waals surface area (Å²) < 4.78 is 33.4. The van der Waals surface area contributed by atoms with Crippen molar-refractivity contribution >= 4 is 15.9 Å². The number of nitrogens with zero attached hydrogens (tertiary/aromatic N) is 4. The molecule has 0 atom stereocenters. The number of aromatic nitrogens is 4. The molecule has 0 aliphatic heterocycles. The maximum atomic E-state index is 13.1. The predicted molar refractivity (Wildman–Crippen MR) is 153 cm³/mol. The van der Waals surface area contributed by atoms with Gasteiger partial charge < -0.3 is 0 Å². The van der Waals surface area contributed by atoms with Gasteiger partial charge in [-0.2, -0.15) is 0 Å². The molecule has 2 aliphatic carbocycles. The van der Waals surface area contributed by atoms with E-state index in [9.17, 15) is 18.4 Å². The number of hydrogen-bond donors (Lipinski definition) is 0. The van der Waals surface area contributed by atoms with Crippen molar-refractivity contribution in [3.8, 4) is 11.4 Å². The number of halogens is 3. The van der Waals surface area contributed by atoms with Crippen molar-refractivity contribution in [2.75, 3.05) is 0 Å². The molecule has 0 spiro atoms. The third-order valence-electron chi connectivity index (χ3n) is 7.57. The van der Waals surface area contributed by atoms with Gasteiger partial charge in [-0.1, -0.05) is 15.9 Å². The van der Waals surface area contributed by atoms with Crippen LogP contribution in [-0.2, 0) is 18.4 Å². The van der Waals surface area contributed by atoms with E-state index in [0.717, 1.165) is 60.4 Å². The largest absolute Gasteiger partial charge is 0.282 e. The van der Waals surface area contributed by atoms with Crippen LogP contribution < -0.4 is 11.1 Å². The van der Waals surface area contributed by atoms with Crippen LogP contribution in [-0.4, -0.2) is 18.7 Å². The van der Waals surface area contributed by atoms with Gasteiger partial charge >= 0.3 is 0 Å². The van der Waals surface area contributed by atoms with Crippen LogP contribution in [0.4, 0.5) is 8.78 Å². The Kier molecular flexibility index (Phi) is 7.80. The zero-order valence-electron chi connectivity index (χ0n) is 22.5. The van der Waals surface area contributed by atoms with E-state index in [-0.39, 0.29) is 22.8 Å². The minimum atomic E-state index is -0.292. The Bertz CT molecular complexity index is 1590. The van der Waals surface area contributed by atoms with Crippen LogP contribution in [0.15, 0.2) is 58.1 Å². The summed E-state index contributed by atoms with van der Waals surface area (Å²) in [5.41, 5.74) is 5.47. The number of benzene rings is 2. The molecule has 0 amide bonds. The standard InChI is InChI=1S/C15H16BrFN2O.C15H17FN2O/c1-2-18-13(9-16)14(10-3-4-10)15(20)19(18)12-7-5-11(17)6-8-12;1-3-17-10(2)14(11-4-5-11)15(19)18(17)13-8-6-12(16)7-9-13/h5-8,10H,2-4,9H2,1H3;6-9,11H,3-5H2,1-2H3. The minimum Gasteiger partial charge on any atom is -0.282 e. The fraction of sp³-hybridized carbons (Fsp3) is 0.400. The average molecular weight is 600 g/mol. The normalized spacial score (nSPS) is 14.8. The number of alkyl halides is 1. The molecule has 206 valence electrons. The van der Waals surface area contributed by atoms with E-state index in [1.54, 1.807) is 33.6 Å². The SMILES string of the molecule is CCn1c(C)c(C2CC2)c(=O)n1-c1ccc(F)cc1.CCn1c(CBr)c(C2CC2)c(=O)n1-c1ccc(F)cc1. The molecule has 0 radical (unpaired) electrons. The van der Waals surface area contributed by atoms with Crippen molar-refractivity contribution in [3.63, 3.8) is 0 Å². The second-order valence-corrected chi connectivity index (χ2v) is 10.7. The van der Waals surface area contributed by atoms with Crippen molar-refractivity contribution in [2.24, 2.45) is 0 Å². The second kappa shape index (κ2) is 11.1. The van der Waals surface area contributed by atoms with Crippen LogP contribution in [0.25, 0.3) is 11.4 Å². The zero-order valence-corrected chi connectivity index (χ0v) is 24.0. The summed E-state index contributed by atoms with van der Waals surface area (Å²) >= 11 is 3.49. The summed E-state index contributed by atoms with van der Waals surface area (Å²) in [6.45, 7) is 7.47. The molecule has 9 heteroatoms. The first-order chi connectivity index (χ1) is 18.8. The van der Waals surface area contributed by atoms with Crippen LogP contribution in [0.5, 0.6) is 0 Å². The summed E-state index contributed by atoms with van der Waals surface area (Å²) in [6, 6.07) is 12.2. The molecule has 0 N–H and O–H groups in total. The van der Waals surface area contributed by atoms with Crippen molar-refractivity contribution in [3.05, 3.63) is 103 Å². The van der Waals surface area contributed by atoms with Crippen LogP contribution in [0.3, 0.4) is 0 Å². The lowest BCUT2D eigenvalue weighted by molar-refractivity contribution is 0.556. The van der Waals surface area contributed by atoms with E-state index in [4.69, 9.17) is 0 Å². The monoisotopic (exact) mass is 598 g/mol. The third kappa shape index (κ3) is 5.21. The van der Waals surface area contributed by atoms with Gasteiger partial charge in [-0.05, 0) is 107 Å². The maximum absolute atomic E-state index is 13.1. The van der Waals surface area contributed by atoms with E-state index in [2.05, 4.69) is 15.9 Å². The highest BCUT2D eigenvalue weighted by Gasteiger charge is 2.33. The minimum absolute atomic E-state index is 0.0374. The van der Waals surface area contributed by atoms with Crippen LogP contribution in [0, 0.1) is 18.6 Å². The van der Waals surface area contributed by atoms with Gasteiger partial charge in [0.2, 0.25) is 0 Å². The molecule has 2 saturated carbocycles. The van der Waals surface area contributed by atoms with Gasteiger partial charge in [0.05, 0.1) is 17.1 Å². The Balaban J connectivity index is 0.000000158. The molecule has 6 rings (SSSR count). The fourth-order valence-electron chi connectivity index (χ4n) is 5.43. The van der Waals surface area contributed by atoms with E-state index >= 15 is 0 Å². The summed E-state index contributed by atoms with van der Waals surface area (Å²) in [6.07, 6.45) is 4.39. The zero-order chi connectivity index (χ0) is 27.8. The molecule has 0 saturated heterocycles. The highest BCUT2D eigenvalue weighted by atomic mass is 79.9. The summed E-state index contributed by atoms with van der Waals surface area (Å²) in [7, 11) is 0. The highest BCUT2D eigenvalue weighted by molar-refractivity contribution is 9.08. The van der Waals surface area contributed by atoms with Crippen molar-refractivity contribution in [1.82, 2.24) is 18.7 Å². The lowest BCUT2D eigenvalue weighted by Crippen LogP contribution is -2.22. The number of rotatable bonds is 7. The third-order valence-corrected chi connectivity index (χ3v) is 8.10. The molecule has 0 unspecified atom stereocenters. The predicted octanol–water partition coefficient (Wildman–Crippen LogP) is 6.55. The van der Waals surface area contributed by atoms with Gasteiger partial charge in [-0.3, -0.25) is 19.0 Å². The Labute approximate surface area is 234 Å². The van der Waals surface area contributed by atoms with Crippen molar-refractivity contribution in [1.29, 1.82) is 0 Å². The van der Waals surface area contributed by atoms with Crippen molar-refractivity contribution < 1.29 is 8.78 Å². The lowest BCUT2D eigenvalue weighted by Gasteiger charge is -2.12. The van der Waals surface area contributed by atoms with Gasteiger partial charge in [0, 0.05) is 35.2 Å². The smallest absolute Gasteiger partial charge is 0.275 e. The van der Waals surface area contributed by atoms with Gasteiger partial charge in [0.15, 0.2) is 0 Å². The van der Waals surface area contributed by atoms with Gasteiger partial charge in [-0.15, -0.1) is 0 Å². The molecule has 6 nitrogen and oxygen atoms in total. The van der Waals surface area contributed by atoms with E-state index in [1.165, 1.54) is 24.3 Å². The summed E-state index contributed by atoms with van der Waals surface area (Å²) in [5.74, 6) is 0.242.